The average molecular weight is 225 g/mol. The van der Waals surface area contributed by atoms with Crippen molar-refractivity contribution in [2.45, 2.75) is 38.1 Å². The molecule has 5 heteroatoms. The van der Waals surface area contributed by atoms with E-state index in [4.69, 9.17) is 0 Å². The first-order chi connectivity index (χ1) is 7.75. The molecule has 2 N–H and O–H groups in total. The SMILES string of the molecule is O=C(CCCN1CCCNC1=O)NC1CC1. The van der Waals surface area contributed by atoms with E-state index in [9.17, 15) is 9.59 Å². The van der Waals surface area contributed by atoms with Crippen LogP contribution in [0.4, 0.5) is 4.79 Å². The van der Waals surface area contributed by atoms with Crippen LogP contribution in [0.3, 0.4) is 0 Å². The fourth-order valence-electron chi connectivity index (χ4n) is 1.85. The Hall–Kier alpha value is -1.26. The quantitative estimate of drug-likeness (QED) is 0.714. The van der Waals surface area contributed by atoms with Crippen LogP contribution in [0.2, 0.25) is 0 Å². The Balaban J connectivity index is 1.58. The molecule has 0 unspecified atom stereocenters. The van der Waals surface area contributed by atoms with E-state index >= 15 is 0 Å². The molecule has 2 aliphatic rings. The van der Waals surface area contributed by atoms with Gasteiger partial charge in [0.25, 0.3) is 0 Å². The second-order valence-corrected chi connectivity index (χ2v) is 4.52. The summed E-state index contributed by atoms with van der Waals surface area (Å²) in [5.74, 6) is 0.125. The van der Waals surface area contributed by atoms with Crippen LogP contribution in [0, 0.1) is 0 Å². The third-order valence-corrected chi connectivity index (χ3v) is 2.94. The van der Waals surface area contributed by atoms with Crippen LogP contribution in [0.1, 0.15) is 32.1 Å². The number of nitrogens with zero attached hydrogens (tertiary/aromatic N) is 1. The van der Waals surface area contributed by atoms with Crippen LogP contribution in [0.15, 0.2) is 0 Å². The summed E-state index contributed by atoms with van der Waals surface area (Å²) in [6.07, 6.45) is 4.53. The zero-order valence-corrected chi connectivity index (χ0v) is 9.50. The summed E-state index contributed by atoms with van der Waals surface area (Å²) in [6, 6.07) is 0.444. The molecule has 3 amide bonds. The summed E-state index contributed by atoms with van der Waals surface area (Å²) < 4.78 is 0. The second-order valence-electron chi connectivity index (χ2n) is 4.52. The molecule has 0 radical (unpaired) electrons. The summed E-state index contributed by atoms with van der Waals surface area (Å²) in [5, 5.41) is 5.74. The fraction of sp³-hybridized carbons (Fsp3) is 0.818. The van der Waals surface area contributed by atoms with Crippen LogP contribution in [0.25, 0.3) is 0 Å². The highest BCUT2D eigenvalue weighted by Gasteiger charge is 2.23. The van der Waals surface area contributed by atoms with Crippen LogP contribution < -0.4 is 10.6 Å². The van der Waals surface area contributed by atoms with E-state index in [1.54, 1.807) is 4.90 Å². The van der Waals surface area contributed by atoms with Crippen molar-refractivity contribution in [3.8, 4) is 0 Å². The Morgan fingerprint density at radius 3 is 3.00 bits per heavy atom. The fourth-order valence-corrected chi connectivity index (χ4v) is 1.85. The molecule has 1 aliphatic carbocycles. The van der Waals surface area contributed by atoms with Crippen LogP contribution in [0.5, 0.6) is 0 Å². The lowest BCUT2D eigenvalue weighted by atomic mass is 10.2. The molecule has 0 aromatic rings. The number of nitrogens with one attached hydrogen (secondary N) is 2. The Bertz CT molecular complexity index is 276. The van der Waals surface area contributed by atoms with Crippen molar-refractivity contribution in [2.75, 3.05) is 19.6 Å². The third-order valence-electron chi connectivity index (χ3n) is 2.94. The summed E-state index contributed by atoms with van der Waals surface area (Å²) in [7, 11) is 0. The highest BCUT2D eigenvalue weighted by atomic mass is 16.2. The number of rotatable bonds is 5. The minimum absolute atomic E-state index is 0.00820. The molecule has 1 aliphatic heterocycles. The lowest BCUT2D eigenvalue weighted by Crippen LogP contribution is -2.46. The Morgan fingerprint density at radius 1 is 1.50 bits per heavy atom. The maximum atomic E-state index is 11.4. The van der Waals surface area contributed by atoms with Gasteiger partial charge in [0.1, 0.15) is 0 Å². The predicted molar refractivity (Wildman–Crippen MR) is 60.0 cm³/mol. The molecular formula is C11H19N3O2. The molecule has 0 aromatic heterocycles. The van der Waals surface area contributed by atoms with E-state index in [2.05, 4.69) is 10.6 Å². The first-order valence-electron chi connectivity index (χ1n) is 6.08. The van der Waals surface area contributed by atoms with E-state index in [-0.39, 0.29) is 11.9 Å². The van der Waals surface area contributed by atoms with Gasteiger partial charge in [0, 0.05) is 32.1 Å². The van der Waals surface area contributed by atoms with Crippen molar-refractivity contribution in [3.05, 3.63) is 0 Å². The largest absolute Gasteiger partial charge is 0.353 e. The summed E-state index contributed by atoms with van der Waals surface area (Å²) >= 11 is 0. The van der Waals surface area contributed by atoms with Crippen molar-refractivity contribution in [1.29, 1.82) is 0 Å². The first-order valence-corrected chi connectivity index (χ1v) is 6.08. The van der Waals surface area contributed by atoms with Crippen molar-refractivity contribution in [3.63, 3.8) is 0 Å². The average Bonchev–Trinajstić information content (AvgIpc) is 3.05. The molecule has 1 saturated carbocycles. The van der Waals surface area contributed by atoms with Gasteiger partial charge in [-0.05, 0) is 25.7 Å². The van der Waals surface area contributed by atoms with Gasteiger partial charge in [0.15, 0.2) is 0 Å². The highest BCUT2D eigenvalue weighted by Crippen LogP contribution is 2.18. The van der Waals surface area contributed by atoms with Crippen LogP contribution >= 0.6 is 0 Å². The standard InChI is InChI=1S/C11H19N3O2/c15-10(13-9-4-5-9)3-1-7-14-8-2-6-12-11(14)16/h9H,1-8H2,(H,12,16)(H,13,15). The number of urea groups is 1. The monoisotopic (exact) mass is 225 g/mol. The number of hydrogen-bond donors (Lipinski definition) is 2. The van der Waals surface area contributed by atoms with Gasteiger partial charge in [-0.3, -0.25) is 4.79 Å². The third kappa shape index (κ3) is 3.40. The van der Waals surface area contributed by atoms with E-state index < -0.39 is 0 Å². The highest BCUT2D eigenvalue weighted by molar-refractivity contribution is 5.77. The molecule has 16 heavy (non-hydrogen) atoms. The van der Waals surface area contributed by atoms with Crippen LogP contribution in [-0.4, -0.2) is 42.5 Å². The maximum absolute atomic E-state index is 11.4. The van der Waals surface area contributed by atoms with Crippen LogP contribution in [-0.2, 0) is 4.79 Å². The molecule has 0 bridgehead atoms. The maximum Gasteiger partial charge on any atom is 0.317 e. The summed E-state index contributed by atoms with van der Waals surface area (Å²) in [5.41, 5.74) is 0. The van der Waals surface area contributed by atoms with E-state index in [1.165, 1.54) is 0 Å². The van der Waals surface area contributed by atoms with Crippen molar-refractivity contribution in [1.82, 2.24) is 15.5 Å². The Labute approximate surface area is 95.6 Å². The minimum Gasteiger partial charge on any atom is -0.353 e. The van der Waals surface area contributed by atoms with Gasteiger partial charge in [0.05, 0.1) is 0 Å². The second kappa shape index (κ2) is 5.18. The number of carbonyl (C=O) groups is 2. The minimum atomic E-state index is 0.00820. The molecular weight excluding hydrogens is 206 g/mol. The van der Waals surface area contributed by atoms with Crippen molar-refractivity contribution < 1.29 is 9.59 Å². The molecule has 0 aromatic carbocycles. The van der Waals surface area contributed by atoms with Gasteiger partial charge in [-0.15, -0.1) is 0 Å². The lowest BCUT2D eigenvalue weighted by Gasteiger charge is -2.27. The molecule has 1 saturated heterocycles. The number of amides is 3. The van der Waals surface area contributed by atoms with Gasteiger partial charge < -0.3 is 15.5 Å². The number of carbonyl (C=O) groups excluding carboxylic acids is 2. The van der Waals surface area contributed by atoms with E-state index in [0.717, 1.165) is 38.8 Å². The molecule has 1 heterocycles. The molecule has 0 spiro atoms. The molecule has 2 rings (SSSR count). The molecule has 2 fully saturated rings. The van der Waals surface area contributed by atoms with Crippen molar-refractivity contribution >= 4 is 11.9 Å². The lowest BCUT2D eigenvalue weighted by molar-refractivity contribution is -0.121. The Morgan fingerprint density at radius 2 is 2.31 bits per heavy atom. The van der Waals surface area contributed by atoms with Gasteiger partial charge in [-0.2, -0.15) is 0 Å². The summed E-state index contributed by atoms with van der Waals surface area (Å²) in [4.78, 5) is 24.5. The molecule has 90 valence electrons. The zero-order chi connectivity index (χ0) is 11.4. The smallest absolute Gasteiger partial charge is 0.317 e. The van der Waals surface area contributed by atoms with E-state index in [0.29, 0.717) is 19.0 Å². The molecule has 0 atom stereocenters. The van der Waals surface area contributed by atoms with Gasteiger partial charge >= 0.3 is 6.03 Å². The number of hydrogen-bond acceptors (Lipinski definition) is 2. The van der Waals surface area contributed by atoms with Gasteiger partial charge in [-0.25, -0.2) is 4.79 Å². The topological polar surface area (TPSA) is 61.4 Å². The first kappa shape index (κ1) is 11.2. The van der Waals surface area contributed by atoms with E-state index in [1.807, 2.05) is 0 Å². The molecule has 5 nitrogen and oxygen atoms in total. The predicted octanol–water partition coefficient (Wildman–Crippen LogP) is 0.461. The zero-order valence-electron chi connectivity index (χ0n) is 9.50. The summed E-state index contributed by atoms with van der Waals surface area (Å²) in [6.45, 7) is 2.28. The van der Waals surface area contributed by atoms with Gasteiger partial charge in [0.2, 0.25) is 5.91 Å². The van der Waals surface area contributed by atoms with Gasteiger partial charge in [-0.1, -0.05) is 0 Å². The normalized spacial score (nSPS) is 20.5. The Kier molecular flexibility index (Phi) is 3.64. The van der Waals surface area contributed by atoms with Crippen molar-refractivity contribution in [2.24, 2.45) is 0 Å².